The van der Waals surface area contributed by atoms with E-state index in [0.717, 1.165) is 18.8 Å². The number of nitrogens with zero attached hydrogens (tertiary/aromatic N) is 3. The van der Waals surface area contributed by atoms with Gasteiger partial charge in [0.1, 0.15) is 17.8 Å². The Hall–Kier alpha value is -3.12. The van der Waals surface area contributed by atoms with Crippen molar-refractivity contribution in [2.45, 2.75) is 12.8 Å². The maximum Gasteiger partial charge on any atom is 0.274 e. The SMILES string of the molecule is O=C(Nc1ccc(N2CCCC2)cc1)c1cc(Nc2ccccc2Cl)ncn1. The van der Waals surface area contributed by atoms with Crippen molar-refractivity contribution in [1.82, 2.24) is 9.97 Å². The van der Waals surface area contributed by atoms with E-state index in [4.69, 9.17) is 11.6 Å². The first-order valence-corrected chi connectivity index (χ1v) is 9.57. The van der Waals surface area contributed by atoms with Crippen LogP contribution in [-0.4, -0.2) is 29.0 Å². The van der Waals surface area contributed by atoms with Gasteiger partial charge in [-0.05, 0) is 49.2 Å². The van der Waals surface area contributed by atoms with Gasteiger partial charge in [-0.1, -0.05) is 23.7 Å². The summed E-state index contributed by atoms with van der Waals surface area (Å²) >= 11 is 6.15. The molecular weight excluding hydrogens is 374 g/mol. The Morgan fingerprint density at radius 3 is 2.50 bits per heavy atom. The van der Waals surface area contributed by atoms with Gasteiger partial charge in [0.2, 0.25) is 0 Å². The largest absolute Gasteiger partial charge is 0.372 e. The lowest BCUT2D eigenvalue weighted by atomic mass is 10.2. The molecule has 142 valence electrons. The van der Waals surface area contributed by atoms with Crippen molar-refractivity contribution >= 4 is 40.4 Å². The second-order valence-corrected chi connectivity index (χ2v) is 7.00. The number of hydrogen-bond acceptors (Lipinski definition) is 5. The van der Waals surface area contributed by atoms with Gasteiger partial charge in [0, 0.05) is 30.5 Å². The summed E-state index contributed by atoms with van der Waals surface area (Å²) in [7, 11) is 0. The number of carbonyl (C=O) groups excluding carboxylic acids is 1. The van der Waals surface area contributed by atoms with Gasteiger partial charge in [0.05, 0.1) is 10.7 Å². The van der Waals surface area contributed by atoms with Crippen LogP contribution in [0.25, 0.3) is 0 Å². The molecule has 0 unspecified atom stereocenters. The van der Waals surface area contributed by atoms with E-state index in [1.54, 1.807) is 12.1 Å². The molecule has 0 spiro atoms. The van der Waals surface area contributed by atoms with Crippen molar-refractivity contribution in [2.24, 2.45) is 0 Å². The lowest BCUT2D eigenvalue weighted by molar-refractivity contribution is 0.102. The molecular formula is C21H20ClN5O. The molecule has 0 atom stereocenters. The van der Waals surface area contributed by atoms with Gasteiger partial charge in [-0.25, -0.2) is 9.97 Å². The van der Waals surface area contributed by atoms with E-state index < -0.39 is 0 Å². The minimum atomic E-state index is -0.293. The van der Waals surface area contributed by atoms with E-state index in [0.29, 0.717) is 16.5 Å². The number of benzene rings is 2. The number of aromatic nitrogens is 2. The van der Waals surface area contributed by atoms with Crippen LogP contribution in [0.15, 0.2) is 60.9 Å². The minimum absolute atomic E-state index is 0.271. The van der Waals surface area contributed by atoms with Crippen molar-refractivity contribution in [3.8, 4) is 0 Å². The Bertz CT molecular complexity index is 971. The molecule has 1 aliphatic heterocycles. The number of amides is 1. The van der Waals surface area contributed by atoms with Crippen LogP contribution in [-0.2, 0) is 0 Å². The molecule has 1 aromatic heterocycles. The van der Waals surface area contributed by atoms with E-state index in [2.05, 4.69) is 25.5 Å². The van der Waals surface area contributed by atoms with E-state index in [9.17, 15) is 4.79 Å². The van der Waals surface area contributed by atoms with Gasteiger partial charge >= 0.3 is 0 Å². The number of nitrogens with one attached hydrogen (secondary N) is 2. The topological polar surface area (TPSA) is 70.2 Å². The first kappa shape index (κ1) is 18.3. The van der Waals surface area contributed by atoms with Crippen molar-refractivity contribution in [2.75, 3.05) is 28.6 Å². The highest BCUT2D eigenvalue weighted by Gasteiger charge is 2.13. The van der Waals surface area contributed by atoms with Crippen LogP contribution in [0.2, 0.25) is 5.02 Å². The molecule has 0 radical (unpaired) electrons. The molecule has 2 aromatic carbocycles. The van der Waals surface area contributed by atoms with Crippen molar-refractivity contribution in [3.63, 3.8) is 0 Å². The van der Waals surface area contributed by atoms with Crippen LogP contribution in [0, 0.1) is 0 Å². The van der Waals surface area contributed by atoms with Crippen LogP contribution in [0.3, 0.4) is 0 Å². The van der Waals surface area contributed by atoms with Crippen LogP contribution in [0.4, 0.5) is 22.9 Å². The van der Waals surface area contributed by atoms with Crippen LogP contribution in [0.1, 0.15) is 23.3 Å². The van der Waals surface area contributed by atoms with Crippen LogP contribution in [0.5, 0.6) is 0 Å². The van der Waals surface area contributed by atoms with Crippen molar-refractivity contribution in [1.29, 1.82) is 0 Å². The molecule has 0 saturated carbocycles. The lowest BCUT2D eigenvalue weighted by Gasteiger charge is -2.17. The smallest absolute Gasteiger partial charge is 0.274 e. The number of rotatable bonds is 5. The number of halogens is 1. The van der Waals surface area contributed by atoms with Gasteiger partial charge < -0.3 is 15.5 Å². The number of para-hydroxylation sites is 1. The minimum Gasteiger partial charge on any atom is -0.372 e. The molecule has 4 rings (SSSR count). The molecule has 1 fully saturated rings. The molecule has 2 N–H and O–H groups in total. The number of anilines is 4. The van der Waals surface area contributed by atoms with Crippen LogP contribution >= 0.6 is 11.6 Å². The third-order valence-electron chi connectivity index (χ3n) is 4.63. The lowest BCUT2D eigenvalue weighted by Crippen LogP contribution is -2.18. The molecule has 3 aromatic rings. The van der Waals surface area contributed by atoms with Crippen LogP contribution < -0.4 is 15.5 Å². The Morgan fingerprint density at radius 2 is 1.75 bits per heavy atom. The summed E-state index contributed by atoms with van der Waals surface area (Å²) < 4.78 is 0. The fourth-order valence-electron chi connectivity index (χ4n) is 3.18. The zero-order valence-corrected chi connectivity index (χ0v) is 16.0. The Labute approximate surface area is 168 Å². The molecule has 1 saturated heterocycles. The molecule has 1 aliphatic rings. The highest BCUT2D eigenvalue weighted by molar-refractivity contribution is 6.33. The standard InChI is InChI=1S/C21H20ClN5O/c22-17-5-1-2-6-18(17)26-20-13-19(23-14-24-20)21(28)25-15-7-9-16(10-8-15)27-11-3-4-12-27/h1-2,5-10,13-14H,3-4,11-12H2,(H,25,28)(H,23,24,26). The predicted octanol–water partition coefficient (Wildman–Crippen LogP) is 4.73. The first-order valence-electron chi connectivity index (χ1n) is 9.19. The molecule has 1 amide bonds. The molecule has 0 aliphatic carbocycles. The summed E-state index contributed by atoms with van der Waals surface area (Å²) in [4.78, 5) is 23.1. The molecule has 0 bridgehead atoms. The van der Waals surface area contributed by atoms with Gasteiger partial charge in [-0.3, -0.25) is 4.79 Å². The third-order valence-corrected chi connectivity index (χ3v) is 4.96. The molecule has 28 heavy (non-hydrogen) atoms. The predicted molar refractivity (Wildman–Crippen MR) is 113 cm³/mol. The van der Waals surface area contributed by atoms with Gasteiger partial charge in [-0.15, -0.1) is 0 Å². The number of carbonyl (C=O) groups is 1. The van der Waals surface area contributed by atoms with E-state index in [-0.39, 0.29) is 11.6 Å². The summed E-state index contributed by atoms with van der Waals surface area (Å²) in [5.41, 5.74) is 2.90. The zero-order chi connectivity index (χ0) is 19.3. The zero-order valence-electron chi connectivity index (χ0n) is 15.2. The summed E-state index contributed by atoms with van der Waals surface area (Å²) in [6.45, 7) is 2.18. The third kappa shape index (κ3) is 4.23. The normalized spacial score (nSPS) is 13.4. The number of hydrogen-bond donors (Lipinski definition) is 2. The monoisotopic (exact) mass is 393 g/mol. The Balaban J connectivity index is 1.44. The summed E-state index contributed by atoms with van der Waals surface area (Å²) in [5.74, 6) is 0.205. The highest BCUT2D eigenvalue weighted by Crippen LogP contribution is 2.24. The maximum absolute atomic E-state index is 12.6. The average Bonchev–Trinajstić information content (AvgIpc) is 3.25. The first-order chi connectivity index (χ1) is 13.7. The Kier molecular flexibility index (Phi) is 5.39. The van der Waals surface area contributed by atoms with Crippen molar-refractivity contribution in [3.05, 3.63) is 71.6 Å². The van der Waals surface area contributed by atoms with Gasteiger partial charge in [0.15, 0.2) is 0 Å². The van der Waals surface area contributed by atoms with E-state index in [1.165, 1.54) is 24.9 Å². The van der Waals surface area contributed by atoms with Gasteiger partial charge in [0.25, 0.3) is 5.91 Å². The maximum atomic E-state index is 12.6. The van der Waals surface area contributed by atoms with Crippen molar-refractivity contribution < 1.29 is 4.79 Å². The average molecular weight is 394 g/mol. The fourth-order valence-corrected chi connectivity index (χ4v) is 3.36. The molecule has 6 nitrogen and oxygen atoms in total. The molecule has 2 heterocycles. The summed E-state index contributed by atoms with van der Waals surface area (Å²) in [6, 6.07) is 16.8. The van der Waals surface area contributed by atoms with E-state index >= 15 is 0 Å². The second-order valence-electron chi connectivity index (χ2n) is 6.59. The quantitative estimate of drug-likeness (QED) is 0.656. The molecule has 7 heteroatoms. The fraction of sp³-hybridized carbons (Fsp3) is 0.190. The summed E-state index contributed by atoms with van der Waals surface area (Å²) in [6.07, 6.45) is 3.82. The Morgan fingerprint density at radius 1 is 1.00 bits per heavy atom. The van der Waals surface area contributed by atoms with Gasteiger partial charge in [-0.2, -0.15) is 0 Å². The second kappa shape index (κ2) is 8.27. The van der Waals surface area contributed by atoms with E-state index in [1.807, 2.05) is 42.5 Å². The highest BCUT2D eigenvalue weighted by atomic mass is 35.5. The summed E-state index contributed by atoms with van der Waals surface area (Å²) in [5, 5.41) is 6.55.